The molecule has 5 nitrogen and oxygen atoms in total. The second-order valence-corrected chi connectivity index (χ2v) is 5.83. The number of carbonyl (C=O) groups excluding carboxylic acids is 1. The predicted molar refractivity (Wildman–Crippen MR) is 81.3 cm³/mol. The summed E-state index contributed by atoms with van der Waals surface area (Å²) in [6, 6.07) is 7.04. The Balaban J connectivity index is 1.69. The van der Waals surface area contributed by atoms with Crippen LogP contribution in [0, 0.1) is 5.92 Å². The third kappa shape index (κ3) is 5.19. The zero-order valence-corrected chi connectivity index (χ0v) is 12.6. The van der Waals surface area contributed by atoms with Crippen molar-refractivity contribution in [3.63, 3.8) is 0 Å². The number of aliphatic hydroxyl groups is 1. The standard InChI is InChI=1S/C15H21ClN2O3/c16-12-1-3-14(4-2-12)21-10-13(19)9-18-7-5-11(6-8-18)15(17)20/h1-4,11,13,19H,5-10H2,(H2,17,20)/t13-/m0/s1. The molecule has 0 bridgehead atoms. The van der Waals surface area contributed by atoms with Gasteiger partial charge in [0.05, 0.1) is 0 Å². The SMILES string of the molecule is NC(=O)C1CCN(C[C@H](O)COc2ccc(Cl)cc2)CC1. The number of carbonyl (C=O) groups is 1. The van der Waals surface area contributed by atoms with Crippen molar-refractivity contribution in [2.45, 2.75) is 18.9 Å². The van der Waals surface area contributed by atoms with Gasteiger partial charge < -0.3 is 20.5 Å². The topological polar surface area (TPSA) is 75.8 Å². The van der Waals surface area contributed by atoms with E-state index in [9.17, 15) is 9.90 Å². The van der Waals surface area contributed by atoms with E-state index in [0.717, 1.165) is 25.9 Å². The maximum atomic E-state index is 11.1. The number of halogens is 1. The Hall–Kier alpha value is -1.30. The number of hydrogen-bond donors (Lipinski definition) is 2. The first-order valence-electron chi connectivity index (χ1n) is 7.12. The van der Waals surface area contributed by atoms with Gasteiger partial charge in [0.1, 0.15) is 18.5 Å². The largest absolute Gasteiger partial charge is 0.491 e. The van der Waals surface area contributed by atoms with E-state index in [2.05, 4.69) is 4.90 Å². The van der Waals surface area contributed by atoms with E-state index in [-0.39, 0.29) is 18.4 Å². The number of benzene rings is 1. The lowest BCUT2D eigenvalue weighted by Gasteiger charge is -2.31. The van der Waals surface area contributed by atoms with Crippen LogP contribution in [0.5, 0.6) is 5.75 Å². The fourth-order valence-electron chi connectivity index (χ4n) is 2.47. The van der Waals surface area contributed by atoms with Crippen LogP contribution < -0.4 is 10.5 Å². The van der Waals surface area contributed by atoms with Gasteiger partial charge in [0.2, 0.25) is 5.91 Å². The van der Waals surface area contributed by atoms with Crippen LogP contribution in [-0.4, -0.2) is 48.3 Å². The highest BCUT2D eigenvalue weighted by molar-refractivity contribution is 6.30. The van der Waals surface area contributed by atoms with Gasteiger partial charge in [-0.25, -0.2) is 0 Å². The summed E-state index contributed by atoms with van der Waals surface area (Å²) in [7, 11) is 0. The molecular weight excluding hydrogens is 292 g/mol. The van der Waals surface area contributed by atoms with E-state index in [1.807, 2.05) is 0 Å². The molecule has 1 heterocycles. The van der Waals surface area contributed by atoms with Crippen LogP contribution in [0.2, 0.25) is 5.02 Å². The minimum absolute atomic E-state index is 0.0243. The molecule has 1 aromatic carbocycles. The second-order valence-electron chi connectivity index (χ2n) is 5.40. The highest BCUT2D eigenvalue weighted by Gasteiger charge is 2.24. The molecule has 3 N–H and O–H groups in total. The van der Waals surface area contributed by atoms with Crippen LogP contribution >= 0.6 is 11.6 Å². The lowest BCUT2D eigenvalue weighted by atomic mass is 9.96. The average molecular weight is 313 g/mol. The first-order valence-corrected chi connectivity index (χ1v) is 7.50. The van der Waals surface area contributed by atoms with E-state index >= 15 is 0 Å². The van der Waals surface area contributed by atoms with Crippen LogP contribution in [0.15, 0.2) is 24.3 Å². The summed E-state index contributed by atoms with van der Waals surface area (Å²) < 4.78 is 5.51. The van der Waals surface area contributed by atoms with Gasteiger partial charge in [-0.1, -0.05) is 11.6 Å². The maximum absolute atomic E-state index is 11.1. The smallest absolute Gasteiger partial charge is 0.220 e. The zero-order chi connectivity index (χ0) is 15.2. The van der Waals surface area contributed by atoms with Crippen LogP contribution in [0.3, 0.4) is 0 Å². The number of primary amides is 1. The van der Waals surface area contributed by atoms with E-state index in [1.54, 1.807) is 24.3 Å². The van der Waals surface area contributed by atoms with Crippen molar-refractivity contribution in [1.82, 2.24) is 4.90 Å². The lowest BCUT2D eigenvalue weighted by molar-refractivity contribution is -0.123. The van der Waals surface area contributed by atoms with Crippen molar-refractivity contribution in [2.24, 2.45) is 11.7 Å². The number of amides is 1. The van der Waals surface area contributed by atoms with Crippen LogP contribution in [-0.2, 0) is 4.79 Å². The predicted octanol–water partition coefficient (Wildman–Crippen LogP) is 1.28. The van der Waals surface area contributed by atoms with Crippen molar-refractivity contribution in [1.29, 1.82) is 0 Å². The molecule has 1 amide bonds. The van der Waals surface area contributed by atoms with Gasteiger partial charge in [-0.2, -0.15) is 0 Å². The van der Waals surface area contributed by atoms with E-state index in [0.29, 0.717) is 17.3 Å². The molecule has 116 valence electrons. The molecule has 0 saturated carbocycles. The Kier molecular flexibility index (Phi) is 5.85. The monoisotopic (exact) mass is 312 g/mol. The summed E-state index contributed by atoms with van der Waals surface area (Å²) in [6.07, 6.45) is 0.964. The number of nitrogens with zero attached hydrogens (tertiary/aromatic N) is 1. The number of rotatable bonds is 6. The summed E-state index contributed by atoms with van der Waals surface area (Å²) in [5.41, 5.74) is 5.30. The number of ether oxygens (including phenoxy) is 1. The normalized spacial score (nSPS) is 18.4. The fraction of sp³-hybridized carbons (Fsp3) is 0.533. The highest BCUT2D eigenvalue weighted by atomic mass is 35.5. The van der Waals surface area contributed by atoms with Gasteiger partial charge in [-0.3, -0.25) is 4.79 Å². The number of hydrogen-bond acceptors (Lipinski definition) is 4. The summed E-state index contributed by atoms with van der Waals surface area (Å²) in [5.74, 6) is 0.441. The lowest BCUT2D eigenvalue weighted by Crippen LogP contribution is -2.43. The molecule has 0 aromatic heterocycles. The minimum atomic E-state index is -0.564. The Morgan fingerprint density at radius 1 is 1.38 bits per heavy atom. The second kappa shape index (κ2) is 7.64. The Bertz CT molecular complexity index is 458. The zero-order valence-electron chi connectivity index (χ0n) is 11.9. The molecule has 0 radical (unpaired) electrons. The molecule has 1 atom stereocenters. The van der Waals surface area contributed by atoms with Crippen molar-refractivity contribution in [3.8, 4) is 5.75 Å². The number of aliphatic hydroxyl groups excluding tert-OH is 1. The van der Waals surface area contributed by atoms with Gasteiger partial charge in [0.15, 0.2) is 0 Å². The summed E-state index contributed by atoms with van der Waals surface area (Å²) in [5, 5.41) is 10.7. The molecule has 2 rings (SSSR count). The summed E-state index contributed by atoms with van der Waals surface area (Å²) >= 11 is 5.79. The van der Waals surface area contributed by atoms with Gasteiger partial charge >= 0.3 is 0 Å². The highest BCUT2D eigenvalue weighted by Crippen LogP contribution is 2.18. The summed E-state index contributed by atoms with van der Waals surface area (Å²) in [4.78, 5) is 13.2. The third-order valence-electron chi connectivity index (χ3n) is 3.71. The summed E-state index contributed by atoms with van der Waals surface area (Å²) in [6.45, 7) is 2.34. The van der Waals surface area contributed by atoms with Crippen molar-refractivity contribution >= 4 is 17.5 Å². The molecule has 0 aliphatic carbocycles. The Morgan fingerprint density at radius 2 is 2.00 bits per heavy atom. The molecule has 1 fully saturated rings. The quantitative estimate of drug-likeness (QED) is 0.829. The third-order valence-corrected chi connectivity index (χ3v) is 3.97. The van der Waals surface area contributed by atoms with Crippen molar-refractivity contribution < 1.29 is 14.6 Å². The van der Waals surface area contributed by atoms with Crippen LogP contribution in [0.4, 0.5) is 0 Å². The van der Waals surface area contributed by atoms with Crippen molar-refractivity contribution in [2.75, 3.05) is 26.2 Å². The first kappa shape index (κ1) is 16.1. The maximum Gasteiger partial charge on any atom is 0.220 e. The molecule has 1 aliphatic rings. The van der Waals surface area contributed by atoms with Gasteiger partial charge in [-0.15, -0.1) is 0 Å². The van der Waals surface area contributed by atoms with E-state index in [4.69, 9.17) is 22.1 Å². The Labute approximate surface area is 129 Å². The molecule has 21 heavy (non-hydrogen) atoms. The molecule has 1 aliphatic heterocycles. The van der Waals surface area contributed by atoms with E-state index < -0.39 is 6.10 Å². The van der Waals surface area contributed by atoms with Gasteiger partial charge in [0, 0.05) is 17.5 Å². The van der Waals surface area contributed by atoms with Crippen LogP contribution in [0.25, 0.3) is 0 Å². The average Bonchev–Trinajstić information content (AvgIpc) is 2.47. The molecule has 1 aromatic rings. The molecule has 6 heteroatoms. The van der Waals surface area contributed by atoms with Crippen molar-refractivity contribution in [3.05, 3.63) is 29.3 Å². The number of β-amino-alcohol motifs (C(OH)–C–C–N with tert-alkyl or cyclic N) is 1. The first-order chi connectivity index (χ1) is 10.0. The molecular formula is C15H21ClN2O3. The van der Waals surface area contributed by atoms with Gasteiger partial charge in [-0.05, 0) is 50.2 Å². The number of nitrogens with two attached hydrogens (primary N) is 1. The fourth-order valence-corrected chi connectivity index (χ4v) is 2.60. The molecule has 0 spiro atoms. The van der Waals surface area contributed by atoms with Gasteiger partial charge in [0.25, 0.3) is 0 Å². The molecule has 0 unspecified atom stereocenters. The minimum Gasteiger partial charge on any atom is -0.491 e. The Morgan fingerprint density at radius 3 is 2.57 bits per heavy atom. The number of piperidine rings is 1. The van der Waals surface area contributed by atoms with Crippen LogP contribution in [0.1, 0.15) is 12.8 Å². The number of likely N-dealkylation sites (tertiary alicyclic amines) is 1. The van der Waals surface area contributed by atoms with E-state index in [1.165, 1.54) is 0 Å². The molecule has 1 saturated heterocycles.